The Kier molecular flexibility index (Phi) is 1.88. The van der Waals surface area contributed by atoms with Crippen LogP contribution in [0, 0.1) is 11.3 Å². The van der Waals surface area contributed by atoms with E-state index in [4.69, 9.17) is 0 Å². The average molecular weight is 180 g/mol. The van der Waals surface area contributed by atoms with Crippen molar-refractivity contribution in [3.63, 3.8) is 0 Å². The molecule has 3 aliphatic rings. The summed E-state index contributed by atoms with van der Waals surface area (Å²) in [6.07, 6.45) is 7.38. The van der Waals surface area contributed by atoms with E-state index in [2.05, 4.69) is 10.6 Å². The highest BCUT2D eigenvalue weighted by Gasteiger charge is 2.53. The number of hydrogen-bond donors (Lipinski definition) is 2. The van der Waals surface area contributed by atoms with Gasteiger partial charge in [-0.05, 0) is 50.0 Å². The quantitative estimate of drug-likeness (QED) is 0.677. The summed E-state index contributed by atoms with van der Waals surface area (Å²) in [4.78, 5) is 0. The highest BCUT2D eigenvalue weighted by molar-refractivity contribution is 5.05. The highest BCUT2D eigenvalue weighted by atomic mass is 15.0. The number of rotatable bonds is 4. The molecule has 0 radical (unpaired) electrons. The third kappa shape index (κ3) is 1.62. The van der Waals surface area contributed by atoms with Gasteiger partial charge in [-0.15, -0.1) is 0 Å². The molecule has 2 N–H and O–H groups in total. The first kappa shape index (κ1) is 8.25. The van der Waals surface area contributed by atoms with E-state index in [-0.39, 0.29) is 0 Å². The van der Waals surface area contributed by atoms with Gasteiger partial charge in [-0.1, -0.05) is 0 Å². The molecule has 1 aliphatic heterocycles. The Hall–Kier alpha value is -0.0800. The second-order valence-corrected chi connectivity index (χ2v) is 5.21. The van der Waals surface area contributed by atoms with E-state index < -0.39 is 0 Å². The van der Waals surface area contributed by atoms with Crippen molar-refractivity contribution in [3.8, 4) is 0 Å². The van der Waals surface area contributed by atoms with Gasteiger partial charge in [0, 0.05) is 19.1 Å². The number of nitrogens with one attached hydrogen (secondary N) is 2. The Morgan fingerprint density at radius 1 is 1.23 bits per heavy atom. The summed E-state index contributed by atoms with van der Waals surface area (Å²) >= 11 is 0. The van der Waals surface area contributed by atoms with Crippen molar-refractivity contribution in [2.75, 3.05) is 19.6 Å². The van der Waals surface area contributed by atoms with E-state index in [0.717, 1.165) is 17.4 Å². The molecule has 2 nitrogen and oxygen atoms in total. The van der Waals surface area contributed by atoms with Crippen molar-refractivity contribution in [1.29, 1.82) is 0 Å². The maximum atomic E-state index is 3.74. The fourth-order valence-electron chi connectivity index (χ4n) is 2.76. The van der Waals surface area contributed by atoms with Gasteiger partial charge < -0.3 is 10.6 Å². The Labute approximate surface area is 80.5 Å². The van der Waals surface area contributed by atoms with Crippen molar-refractivity contribution in [3.05, 3.63) is 0 Å². The SMILES string of the molecule is C1CC(NCC2(C3CC3)CC2)CN1. The molecule has 1 heterocycles. The minimum absolute atomic E-state index is 0.774. The van der Waals surface area contributed by atoms with Crippen LogP contribution in [0.1, 0.15) is 32.1 Å². The predicted octanol–water partition coefficient (Wildman–Crippen LogP) is 1.13. The number of hydrogen-bond acceptors (Lipinski definition) is 2. The summed E-state index contributed by atoms with van der Waals surface area (Å²) in [5, 5.41) is 7.15. The van der Waals surface area contributed by atoms with Crippen LogP contribution in [0.2, 0.25) is 0 Å². The van der Waals surface area contributed by atoms with Crippen molar-refractivity contribution < 1.29 is 0 Å². The average Bonchev–Trinajstić information content (AvgIpc) is 3.02. The van der Waals surface area contributed by atoms with Crippen LogP contribution >= 0.6 is 0 Å². The molecule has 0 bridgehead atoms. The molecule has 2 aliphatic carbocycles. The van der Waals surface area contributed by atoms with Crippen molar-refractivity contribution in [1.82, 2.24) is 10.6 Å². The van der Waals surface area contributed by atoms with Gasteiger partial charge in [-0.25, -0.2) is 0 Å². The normalized spacial score (nSPS) is 36.5. The van der Waals surface area contributed by atoms with Gasteiger partial charge in [0.2, 0.25) is 0 Å². The maximum Gasteiger partial charge on any atom is 0.0204 e. The molecule has 0 amide bonds. The highest BCUT2D eigenvalue weighted by Crippen LogP contribution is 2.60. The second kappa shape index (κ2) is 2.96. The maximum absolute atomic E-state index is 3.74. The lowest BCUT2D eigenvalue weighted by Crippen LogP contribution is -2.36. The molecule has 0 spiro atoms. The summed E-state index contributed by atoms with van der Waals surface area (Å²) in [6.45, 7) is 3.72. The predicted molar refractivity (Wildman–Crippen MR) is 53.7 cm³/mol. The van der Waals surface area contributed by atoms with Gasteiger partial charge in [0.1, 0.15) is 0 Å². The lowest BCUT2D eigenvalue weighted by molar-refractivity contribution is 0.378. The molecule has 3 rings (SSSR count). The topological polar surface area (TPSA) is 24.1 Å². The molecule has 1 saturated heterocycles. The minimum Gasteiger partial charge on any atom is -0.315 e. The smallest absolute Gasteiger partial charge is 0.0204 e. The van der Waals surface area contributed by atoms with Gasteiger partial charge in [-0.3, -0.25) is 0 Å². The molecular weight excluding hydrogens is 160 g/mol. The second-order valence-electron chi connectivity index (χ2n) is 5.21. The third-order valence-electron chi connectivity index (χ3n) is 4.14. The van der Waals surface area contributed by atoms with Crippen LogP contribution in [0.25, 0.3) is 0 Å². The summed E-state index contributed by atoms with van der Waals surface area (Å²) < 4.78 is 0. The van der Waals surface area contributed by atoms with Gasteiger partial charge in [0.05, 0.1) is 0 Å². The minimum atomic E-state index is 0.774. The van der Waals surface area contributed by atoms with E-state index in [1.54, 1.807) is 0 Å². The Balaban J connectivity index is 1.46. The van der Waals surface area contributed by atoms with E-state index in [0.29, 0.717) is 0 Å². The van der Waals surface area contributed by atoms with Crippen LogP contribution in [-0.2, 0) is 0 Å². The van der Waals surface area contributed by atoms with Crippen LogP contribution in [0.3, 0.4) is 0 Å². The summed E-state index contributed by atoms with van der Waals surface area (Å²) in [6, 6.07) is 0.774. The van der Waals surface area contributed by atoms with Crippen LogP contribution < -0.4 is 10.6 Å². The monoisotopic (exact) mass is 180 g/mol. The van der Waals surface area contributed by atoms with Crippen molar-refractivity contribution in [2.24, 2.45) is 11.3 Å². The molecule has 0 aromatic carbocycles. The summed E-state index contributed by atoms with van der Waals surface area (Å²) in [5.74, 6) is 1.11. The first-order valence-electron chi connectivity index (χ1n) is 5.83. The fraction of sp³-hybridized carbons (Fsp3) is 1.00. The van der Waals surface area contributed by atoms with Crippen LogP contribution in [0.15, 0.2) is 0 Å². The molecule has 0 aromatic heterocycles. The fourth-order valence-corrected chi connectivity index (χ4v) is 2.76. The summed E-state index contributed by atoms with van der Waals surface area (Å²) in [5.41, 5.74) is 0.780. The Morgan fingerprint density at radius 2 is 2.08 bits per heavy atom. The van der Waals surface area contributed by atoms with Crippen LogP contribution in [0.4, 0.5) is 0 Å². The zero-order valence-corrected chi connectivity index (χ0v) is 8.31. The standard InChI is InChI=1S/C11H20N2/c1-2-9(1)11(4-5-11)8-13-10-3-6-12-7-10/h9-10,12-13H,1-8H2. The molecule has 3 fully saturated rings. The molecule has 13 heavy (non-hydrogen) atoms. The van der Waals surface area contributed by atoms with Gasteiger partial charge >= 0.3 is 0 Å². The van der Waals surface area contributed by atoms with Crippen molar-refractivity contribution in [2.45, 2.75) is 38.1 Å². The molecule has 1 atom stereocenters. The molecule has 1 unspecified atom stereocenters. The van der Waals surface area contributed by atoms with Crippen LogP contribution in [0.5, 0.6) is 0 Å². The lowest BCUT2D eigenvalue weighted by Gasteiger charge is -2.18. The Morgan fingerprint density at radius 3 is 2.62 bits per heavy atom. The van der Waals surface area contributed by atoms with Gasteiger partial charge in [0.15, 0.2) is 0 Å². The summed E-state index contributed by atoms with van der Waals surface area (Å²) in [7, 11) is 0. The van der Waals surface area contributed by atoms with E-state index >= 15 is 0 Å². The molecule has 2 saturated carbocycles. The van der Waals surface area contributed by atoms with E-state index in [1.165, 1.54) is 51.7 Å². The van der Waals surface area contributed by atoms with Crippen LogP contribution in [-0.4, -0.2) is 25.7 Å². The zero-order chi connectivity index (χ0) is 8.73. The van der Waals surface area contributed by atoms with E-state index in [9.17, 15) is 0 Å². The lowest BCUT2D eigenvalue weighted by atomic mass is 10.0. The molecule has 2 heteroatoms. The van der Waals surface area contributed by atoms with Crippen molar-refractivity contribution >= 4 is 0 Å². The third-order valence-corrected chi connectivity index (χ3v) is 4.14. The first-order chi connectivity index (χ1) is 6.39. The van der Waals surface area contributed by atoms with Gasteiger partial charge in [0.25, 0.3) is 0 Å². The zero-order valence-electron chi connectivity index (χ0n) is 8.31. The molecular formula is C11H20N2. The Bertz CT molecular complexity index is 188. The molecule has 74 valence electrons. The van der Waals surface area contributed by atoms with Gasteiger partial charge in [-0.2, -0.15) is 0 Å². The first-order valence-corrected chi connectivity index (χ1v) is 5.83. The largest absolute Gasteiger partial charge is 0.315 e. The molecule has 0 aromatic rings. The van der Waals surface area contributed by atoms with E-state index in [1.807, 2.05) is 0 Å².